The number of phenols is 1. The molecular formula is C24H18BrN3O2. The Hall–Kier alpha value is -3.38. The van der Waals surface area contributed by atoms with Crippen LogP contribution in [0.1, 0.15) is 33.2 Å². The van der Waals surface area contributed by atoms with E-state index in [4.69, 9.17) is 0 Å². The summed E-state index contributed by atoms with van der Waals surface area (Å²) in [6.07, 6.45) is 0. The topological polar surface area (TPSA) is 69.2 Å². The number of carbonyl (C=O) groups is 1. The van der Waals surface area contributed by atoms with Crippen LogP contribution in [0.4, 0.5) is 5.69 Å². The van der Waals surface area contributed by atoms with Crippen LogP contribution in [0.15, 0.2) is 77.3 Å². The average molecular weight is 460 g/mol. The minimum Gasteiger partial charge on any atom is -0.508 e. The molecular weight excluding hydrogens is 442 g/mol. The van der Waals surface area contributed by atoms with Gasteiger partial charge < -0.3 is 5.11 Å². The number of fused-ring (bicyclic) bond motifs is 1. The highest BCUT2D eigenvalue weighted by Gasteiger charge is 2.43. The van der Waals surface area contributed by atoms with Crippen molar-refractivity contribution in [3.8, 4) is 17.0 Å². The van der Waals surface area contributed by atoms with Crippen molar-refractivity contribution in [3.63, 3.8) is 0 Å². The molecule has 1 unspecified atom stereocenters. The van der Waals surface area contributed by atoms with E-state index in [9.17, 15) is 9.90 Å². The molecule has 1 aromatic heterocycles. The largest absolute Gasteiger partial charge is 0.508 e. The van der Waals surface area contributed by atoms with Gasteiger partial charge in [0, 0.05) is 21.3 Å². The number of aromatic hydroxyl groups is 1. The molecule has 0 bridgehead atoms. The molecule has 2 heterocycles. The van der Waals surface area contributed by atoms with Crippen molar-refractivity contribution in [1.29, 1.82) is 0 Å². The van der Waals surface area contributed by atoms with Gasteiger partial charge in [-0.1, -0.05) is 57.9 Å². The predicted molar refractivity (Wildman–Crippen MR) is 120 cm³/mol. The quantitative estimate of drug-likeness (QED) is 0.418. The van der Waals surface area contributed by atoms with Gasteiger partial charge >= 0.3 is 0 Å². The van der Waals surface area contributed by atoms with Crippen LogP contribution in [0, 0.1) is 6.92 Å². The molecule has 0 spiro atoms. The Bertz CT molecular complexity index is 1230. The number of carbonyl (C=O) groups excluding carboxylic acids is 1. The molecule has 4 aromatic rings. The van der Waals surface area contributed by atoms with Crippen LogP contribution in [0.3, 0.4) is 0 Å². The Morgan fingerprint density at radius 1 is 0.967 bits per heavy atom. The predicted octanol–water partition coefficient (Wildman–Crippen LogP) is 5.60. The standard InChI is InChI=1S/C24H18BrN3O2/c1-14-2-10-18(11-3-14)28-23(16-6-12-19(29)13-7-16)20-21(26-27-22(20)24(28)30)15-4-8-17(25)9-5-15/h2-13,23,29H,1H3,(H,26,27). The molecule has 148 valence electrons. The zero-order valence-corrected chi connectivity index (χ0v) is 17.7. The summed E-state index contributed by atoms with van der Waals surface area (Å²) in [5, 5.41) is 17.2. The summed E-state index contributed by atoms with van der Waals surface area (Å²) in [6.45, 7) is 2.02. The summed E-state index contributed by atoms with van der Waals surface area (Å²) in [4.78, 5) is 15.2. The summed E-state index contributed by atoms with van der Waals surface area (Å²) in [5.74, 6) is 0.0632. The molecule has 1 aliphatic heterocycles. The zero-order valence-electron chi connectivity index (χ0n) is 16.1. The lowest BCUT2D eigenvalue weighted by molar-refractivity contribution is 0.0989. The van der Waals surface area contributed by atoms with Gasteiger partial charge in [-0.3, -0.25) is 14.8 Å². The highest BCUT2D eigenvalue weighted by Crippen LogP contribution is 2.45. The molecule has 0 saturated heterocycles. The van der Waals surface area contributed by atoms with Gasteiger partial charge in [0.2, 0.25) is 0 Å². The number of hydrogen-bond acceptors (Lipinski definition) is 3. The van der Waals surface area contributed by atoms with E-state index in [1.165, 1.54) is 0 Å². The lowest BCUT2D eigenvalue weighted by Gasteiger charge is -2.26. The van der Waals surface area contributed by atoms with Crippen molar-refractivity contribution >= 4 is 27.5 Å². The van der Waals surface area contributed by atoms with Gasteiger partial charge in [0.25, 0.3) is 5.91 Å². The fraction of sp³-hybridized carbons (Fsp3) is 0.0833. The number of aryl methyl sites for hydroxylation is 1. The fourth-order valence-corrected chi connectivity index (χ4v) is 4.18. The number of aromatic nitrogens is 2. The van der Waals surface area contributed by atoms with E-state index >= 15 is 0 Å². The van der Waals surface area contributed by atoms with E-state index in [2.05, 4.69) is 26.1 Å². The molecule has 3 aromatic carbocycles. The number of phenolic OH excluding ortho intramolecular Hbond substituents is 1. The third kappa shape index (κ3) is 3.00. The Kier molecular flexibility index (Phi) is 4.44. The minimum absolute atomic E-state index is 0.122. The third-order valence-corrected chi connectivity index (χ3v) is 5.94. The van der Waals surface area contributed by atoms with Crippen LogP contribution in [0.25, 0.3) is 11.3 Å². The number of H-pyrrole nitrogens is 1. The summed E-state index contributed by atoms with van der Waals surface area (Å²) < 4.78 is 0.978. The van der Waals surface area contributed by atoms with E-state index in [0.717, 1.165) is 38.1 Å². The van der Waals surface area contributed by atoms with Crippen LogP contribution in [0.2, 0.25) is 0 Å². The Morgan fingerprint density at radius 2 is 1.63 bits per heavy atom. The first-order valence-electron chi connectivity index (χ1n) is 9.56. The molecule has 30 heavy (non-hydrogen) atoms. The number of benzene rings is 3. The van der Waals surface area contributed by atoms with E-state index in [0.29, 0.717) is 5.69 Å². The van der Waals surface area contributed by atoms with Crippen molar-refractivity contribution in [2.75, 3.05) is 4.90 Å². The normalized spacial score (nSPS) is 15.5. The van der Waals surface area contributed by atoms with Crippen molar-refractivity contribution in [3.05, 3.63) is 99.7 Å². The SMILES string of the molecule is Cc1ccc(N2C(=O)c3[nH]nc(-c4ccc(Br)cc4)c3C2c2ccc(O)cc2)cc1. The number of nitrogens with zero attached hydrogens (tertiary/aromatic N) is 2. The number of halogens is 1. The van der Waals surface area contributed by atoms with Gasteiger partial charge in [-0.15, -0.1) is 0 Å². The smallest absolute Gasteiger partial charge is 0.277 e. The Labute approximate surface area is 182 Å². The van der Waals surface area contributed by atoms with E-state index in [1.807, 2.05) is 67.6 Å². The first kappa shape index (κ1) is 18.6. The first-order chi connectivity index (χ1) is 14.5. The van der Waals surface area contributed by atoms with Gasteiger partial charge in [0.05, 0.1) is 11.7 Å². The van der Waals surface area contributed by atoms with Gasteiger partial charge in [0.1, 0.15) is 11.4 Å². The molecule has 1 aliphatic rings. The molecule has 0 saturated carbocycles. The second-order valence-corrected chi connectivity index (χ2v) is 8.29. The maximum absolute atomic E-state index is 13.4. The number of rotatable bonds is 3. The molecule has 5 rings (SSSR count). The molecule has 1 amide bonds. The number of hydrogen-bond donors (Lipinski definition) is 2. The van der Waals surface area contributed by atoms with E-state index in [1.54, 1.807) is 17.0 Å². The van der Waals surface area contributed by atoms with Crippen LogP contribution < -0.4 is 4.90 Å². The van der Waals surface area contributed by atoms with Crippen molar-refractivity contribution in [2.45, 2.75) is 13.0 Å². The van der Waals surface area contributed by atoms with Crippen LogP contribution >= 0.6 is 15.9 Å². The summed E-state index contributed by atoms with van der Waals surface area (Å²) in [7, 11) is 0. The van der Waals surface area contributed by atoms with Gasteiger partial charge in [-0.05, 0) is 48.9 Å². The average Bonchev–Trinajstić information content (AvgIpc) is 3.29. The molecule has 5 nitrogen and oxygen atoms in total. The highest BCUT2D eigenvalue weighted by atomic mass is 79.9. The zero-order chi connectivity index (χ0) is 20.8. The second kappa shape index (κ2) is 7.15. The lowest BCUT2D eigenvalue weighted by Crippen LogP contribution is -2.29. The second-order valence-electron chi connectivity index (χ2n) is 7.37. The molecule has 0 aliphatic carbocycles. The van der Waals surface area contributed by atoms with Crippen molar-refractivity contribution < 1.29 is 9.90 Å². The fourth-order valence-electron chi connectivity index (χ4n) is 3.92. The van der Waals surface area contributed by atoms with Crippen LogP contribution in [-0.2, 0) is 0 Å². The van der Waals surface area contributed by atoms with Gasteiger partial charge in [-0.25, -0.2) is 0 Å². The van der Waals surface area contributed by atoms with Crippen molar-refractivity contribution in [1.82, 2.24) is 10.2 Å². The molecule has 0 fully saturated rings. The number of nitrogens with one attached hydrogen (secondary N) is 1. The van der Waals surface area contributed by atoms with Gasteiger partial charge in [0.15, 0.2) is 0 Å². The number of anilines is 1. The Morgan fingerprint density at radius 3 is 2.30 bits per heavy atom. The lowest BCUT2D eigenvalue weighted by atomic mass is 9.96. The maximum Gasteiger partial charge on any atom is 0.277 e. The number of aromatic amines is 1. The van der Waals surface area contributed by atoms with Crippen LogP contribution in [0.5, 0.6) is 5.75 Å². The van der Waals surface area contributed by atoms with E-state index < -0.39 is 0 Å². The third-order valence-electron chi connectivity index (χ3n) is 5.41. The summed E-state index contributed by atoms with van der Waals surface area (Å²) in [6, 6.07) is 22.4. The molecule has 0 radical (unpaired) electrons. The first-order valence-corrected chi connectivity index (χ1v) is 10.4. The Balaban J connectivity index is 1.71. The van der Waals surface area contributed by atoms with Crippen molar-refractivity contribution in [2.24, 2.45) is 0 Å². The van der Waals surface area contributed by atoms with Gasteiger partial charge in [-0.2, -0.15) is 5.10 Å². The monoisotopic (exact) mass is 459 g/mol. The minimum atomic E-state index is -0.354. The number of amides is 1. The van der Waals surface area contributed by atoms with Crippen LogP contribution in [-0.4, -0.2) is 21.2 Å². The molecule has 6 heteroatoms. The summed E-state index contributed by atoms with van der Waals surface area (Å²) >= 11 is 3.47. The maximum atomic E-state index is 13.4. The van der Waals surface area contributed by atoms with E-state index in [-0.39, 0.29) is 17.7 Å². The highest BCUT2D eigenvalue weighted by molar-refractivity contribution is 9.10. The molecule has 2 N–H and O–H groups in total. The summed E-state index contributed by atoms with van der Waals surface area (Å²) in [5.41, 5.74) is 5.86. The molecule has 1 atom stereocenters.